The van der Waals surface area contributed by atoms with Crippen LogP contribution in [-0.4, -0.2) is 30.0 Å². The standard InChI is InChI=1S/C15H24N4O/c1-2-3-9-19(11-14(16)20)15-12(5-4-8-17-15)10-18-13-6-7-13/h4-5,8,13,18H,2-3,6-7,9-11H2,1H3,(H2,16,20). The largest absolute Gasteiger partial charge is 0.368 e. The molecule has 1 saturated carbocycles. The second-order valence-electron chi connectivity index (χ2n) is 5.38. The Balaban J connectivity index is 2.09. The minimum absolute atomic E-state index is 0.230. The first-order valence-corrected chi connectivity index (χ1v) is 7.41. The third-order valence-corrected chi connectivity index (χ3v) is 3.45. The molecule has 5 nitrogen and oxygen atoms in total. The molecule has 110 valence electrons. The summed E-state index contributed by atoms with van der Waals surface area (Å²) in [6, 6.07) is 4.66. The first-order valence-electron chi connectivity index (χ1n) is 7.41. The first-order chi connectivity index (χ1) is 9.70. The van der Waals surface area contributed by atoms with E-state index in [-0.39, 0.29) is 12.5 Å². The van der Waals surface area contributed by atoms with Crippen LogP contribution in [0.2, 0.25) is 0 Å². The van der Waals surface area contributed by atoms with Gasteiger partial charge >= 0.3 is 0 Å². The fraction of sp³-hybridized carbons (Fsp3) is 0.600. The van der Waals surface area contributed by atoms with Gasteiger partial charge in [-0.15, -0.1) is 0 Å². The van der Waals surface area contributed by atoms with Gasteiger partial charge in [0.1, 0.15) is 5.82 Å². The molecule has 1 aromatic rings. The van der Waals surface area contributed by atoms with Crippen molar-refractivity contribution in [3.8, 4) is 0 Å². The monoisotopic (exact) mass is 276 g/mol. The third kappa shape index (κ3) is 4.49. The number of primary amides is 1. The van der Waals surface area contributed by atoms with Crippen molar-refractivity contribution >= 4 is 11.7 Å². The lowest BCUT2D eigenvalue weighted by molar-refractivity contribution is -0.116. The van der Waals surface area contributed by atoms with Crippen LogP contribution in [0.4, 0.5) is 5.82 Å². The Morgan fingerprint density at radius 2 is 2.35 bits per heavy atom. The van der Waals surface area contributed by atoms with Gasteiger partial charge in [-0.3, -0.25) is 4.79 Å². The number of amides is 1. The third-order valence-electron chi connectivity index (χ3n) is 3.45. The van der Waals surface area contributed by atoms with Gasteiger partial charge in [0.2, 0.25) is 5.91 Å². The molecule has 0 unspecified atom stereocenters. The van der Waals surface area contributed by atoms with Crippen LogP contribution >= 0.6 is 0 Å². The molecular weight excluding hydrogens is 252 g/mol. The van der Waals surface area contributed by atoms with Crippen molar-refractivity contribution < 1.29 is 4.79 Å². The number of anilines is 1. The summed E-state index contributed by atoms with van der Waals surface area (Å²) in [4.78, 5) is 17.7. The predicted octanol–water partition coefficient (Wildman–Crippen LogP) is 1.43. The molecule has 1 aliphatic carbocycles. The number of nitrogens with one attached hydrogen (secondary N) is 1. The zero-order valence-electron chi connectivity index (χ0n) is 12.1. The summed E-state index contributed by atoms with van der Waals surface area (Å²) in [6.45, 7) is 3.98. The van der Waals surface area contributed by atoms with Gasteiger partial charge in [-0.25, -0.2) is 4.98 Å². The fourth-order valence-electron chi connectivity index (χ4n) is 2.19. The molecule has 0 spiro atoms. The van der Waals surface area contributed by atoms with Crippen LogP contribution < -0.4 is 16.0 Å². The fourth-order valence-corrected chi connectivity index (χ4v) is 2.19. The molecule has 20 heavy (non-hydrogen) atoms. The van der Waals surface area contributed by atoms with Crippen molar-refractivity contribution in [2.45, 2.75) is 45.2 Å². The summed E-state index contributed by atoms with van der Waals surface area (Å²) in [5, 5.41) is 3.49. The minimum atomic E-state index is -0.312. The number of hydrogen-bond donors (Lipinski definition) is 2. The number of pyridine rings is 1. The van der Waals surface area contributed by atoms with E-state index < -0.39 is 0 Å². The summed E-state index contributed by atoms with van der Waals surface area (Å²) < 4.78 is 0. The lowest BCUT2D eigenvalue weighted by Crippen LogP contribution is -2.36. The Kier molecular flexibility index (Phi) is 5.35. The number of nitrogens with zero attached hydrogens (tertiary/aromatic N) is 2. The average molecular weight is 276 g/mol. The molecular formula is C15H24N4O. The highest BCUT2D eigenvalue weighted by atomic mass is 16.1. The molecule has 3 N–H and O–H groups in total. The molecule has 5 heteroatoms. The normalized spacial score (nSPS) is 14.2. The van der Waals surface area contributed by atoms with Crippen molar-refractivity contribution in [1.29, 1.82) is 0 Å². The van der Waals surface area contributed by atoms with E-state index in [1.807, 2.05) is 11.0 Å². The molecule has 0 aliphatic heterocycles. The van der Waals surface area contributed by atoms with Crippen LogP contribution in [0.3, 0.4) is 0 Å². The Hall–Kier alpha value is -1.62. The number of carbonyl (C=O) groups is 1. The molecule has 0 aromatic carbocycles. The van der Waals surface area contributed by atoms with E-state index in [1.165, 1.54) is 12.8 Å². The Labute approximate surface area is 120 Å². The number of nitrogens with two attached hydrogens (primary N) is 1. The quantitative estimate of drug-likeness (QED) is 0.715. The first kappa shape index (κ1) is 14.8. The van der Waals surface area contributed by atoms with Gasteiger partial charge in [0, 0.05) is 30.9 Å². The summed E-state index contributed by atoms with van der Waals surface area (Å²) >= 11 is 0. The minimum Gasteiger partial charge on any atom is -0.368 e. The maximum absolute atomic E-state index is 11.3. The van der Waals surface area contributed by atoms with Gasteiger partial charge in [0.25, 0.3) is 0 Å². The van der Waals surface area contributed by atoms with E-state index in [9.17, 15) is 4.79 Å². The molecule has 0 radical (unpaired) electrons. The Morgan fingerprint density at radius 3 is 3.00 bits per heavy atom. The molecule has 1 amide bonds. The molecule has 0 saturated heterocycles. The number of unbranched alkanes of at least 4 members (excludes halogenated alkanes) is 1. The zero-order chi connectivity index (χ0) is 14.4. The molecule has 0 bridgehead atoms. The lowest BCUT2D eigenvalue weighted by Gasteiger charge is -2.24. The number of aromatic nitrogens is 1. The van der Waals surface area contributed by atoms with E-state index in [1.54, 1.807) is 6.20 Å². The highest BCUT2D eigenvalue weighted by Crippen LogP contribution is 2.22. The van der Waals surface area contributed by atoms with Crippen LogP contribution in [-0.2, 0) is 11.3 Å². The summed E-state index contributed by atoms with van der Waals surface area (Å²) in [7, 11) is 0. The smallest absolute Gasteiger partial charge is 0.236 e. The van der Waals surface area contributed by atoms with Crippen molar-refractivity contribution in [2.24, 2.45) is 5.73 Å². The maximum Gasteiger partial charge on any atom is 0.236 e. The van der Waals surface area contributed by atoms with Crippen LogP contribution in [0.15, 0.2) is 18.3 Å². The molecule has 1 fully saturated rings. The van der Waals surface area contributed by atoms with Gasteiger partial charge in [-0.05, 0) is 25.3 Å². The highest BCUT2D eigenvalue weighted by molar-refractivity contribution is 5.79. The van der Waals surface area contributed by atoms with E-state index in [0.29, 0.717) is 6.04 Å². The summed E-state index contributed by atoms with van der Waals surface area (Å²) in [6.07, 6.45) is 6.40. The molecule has 1 heterocycles. The summed E-state index contributed by atoms with van der Waals surface area (Å²) in [5.41, 5.74) is 6.50. The number of carbonyl (C=O) groups excluding carboxylic acids is 1. The second kappa shape index (κ2) is 7.24. The topological polar surface area (TPSA) is 71.2 Å². The van der Waals surface area contributed by atoms with E-state index in [4.69, 9.17) is 5.73 Å². The lowest BCUT2D eigenvalue weighted by atomic mass is 10.2. The van der Waals surface area contributed by atoms with Crippen LogP contribution in [0.5, 0.6) is 0 Å². The molecule has 2 rings (SSSR count). The average Bonchev–Trinajstić information content (AvgIpc) is 3.25. The van der Waals surface area contributed by atoms with E-state index in [0.717, 1.165) is 37.3 Å². The number of rotatable bonds is 9. The van der Waals surface area contributed by atoms with Crippen molar-refractivity contribution in [3.63, 3.8) is 0 Å². The van der Waals surface area contributed by atoms with Gasteiger partial charge in [0.05, 0.1) is 6.54 Å². The van der Waals surface area contributed by atoms with Gasteiger partial charge in [-0.2, -0.15) is 0 Å². The number of hydrogen-bond acceptors (Lipinski definition) is 4. The van der Waals surface area contributed by atoms with Gasteiger partial charge < -0.3 is 16.0 Å². The van der Waals surface area contributed by atoms with Crippen LogP contribution in [0.1, 0.15) is 38.2 Å². The van der Waals surface area contributed by atoms with E-state index in [2.05, 4.69) is 23.3 Å². The van der Waals surface area contributed by atoms with Crippen molar-refractivity contribution in [1.82, 2.24) is 10.3 Å². The predicted molar refractivity (Wildman–Crippen MR) is 80.4 cm³/mol. The summed E-state index contributed by atoms with van der Waals surface area (Å²) in [5.74, 6) is 0.570. The van der Waals surface area contributed by atoms with E-state index >= 15 is 0 Å². The zero-order valence-corrected chi connectivity index (χ0v) is 12.1. The van der Waals surface area contributed by atoms with Gasteiger partial charge in [-0.1, -0.05) is 19.4 Å². The van der Waals surface area contributed by atoms with Crippen LogP contribution in [0.25, 0.3) is 0 Å². The highest BCUT2D eigenvalue weighted by Gasteiger charge is 2.21. The van der Waals surface area contributed by atoms with Crippen molar-refractivity contribution in [3.05, 3.63) is 23.9 Å². The van der Waals surface area contributed by atoms with Crippen LogP contribution in [0, 0.1) is 0 Å². The second-order valence-corrected chi connectivity index (χ2v) is 5.38. The molecule has 1 aliphatic rings. The SMILES string of the molecule is CCCCN(CC(N)=O)c1ncccc1CNC1CC1. The Bertz CT molecular complexity index is 445. The van der Waals surface area contributed by atoms with Gasteiger partial charge in [0.15, 0.2) is 0 Å². The molecule has 0 atom stereocenters. The molecule has 1 aromatic heterocycles. The maximum atomic E-state index is 11.3. The van der Waals surface area contributed by atoms with Crippen molar-refractivity contribution in [2.75, 3.05) is 18.0 Å². The Morgan fingerprint density at radius 1 is 1.55 bits per heavy atom.